The van der Waals surface area contributed by atoms with Gasteiger partial charge in [0.05, 0.1) is 16.3 Å². The Morgan fingerprint density at radius 3 is 2.79 bits per heavy atom. The maximum Gasteiger partial charge on any atom is 0.187 e. The van der Waals surface area contributed by atoms with E-state index in [9.17, 15) is 13.2 Å². The number of ketones is 1. The Morgan fingerprint density at radius 2 is 2.03 bits per heavy atom. The van der Waals surface area contributed by atoms with Gasteiger partial charge in [0, 0.05) is 61.0 Å². The highest BCUT2D eigenvalue weighted by Crippen LogP contribution is 2.27. The molecule has 1 aromatic carbocycles. The number of piperidine rings is 1. The van der Waals surface area contributed by atoms with E-state index in [2.05, 4.69) is 14.9 Å². The van der Waals surface area contributed by atoms with Crippen LogP contribution in [0.2, 0.25) is 0 Å². The summed E-state index contributed by atoms with van der Waals surface area (Å²) in [4.78, 5) is 24.3. The van der Waals surface area contributed by atoms with Crippen molar-refractivity contribution in [3.63, 3.8) is 0 Å². The Morgan fingerprint density at radius 1 is 1.21 bits per heavy atom. The number of carbonyl (C=O) groups excluding carboxylic acids is 1. The number of anilines is 2. The second kappa shape index (κ2) is 9.29. The number of benzene rings is 1. The monoisotopic (exact) mass is 465 g/mol. The van der Waals surface area contributed by atoms with Gasteiger partial charge in [-0.1, -0.05) is 12.1 Å². The van der Waals surface area contributed by atoms with E-state index in [1.807, 2.05) is 6.07 Å². The third kappa shape index (κ3) is 5.20. The SMILES string of the molecule is CS(=O)(=O)c1cccc(-c2ccc(N)c(C(=O)Cc3cnccc3N3CCC[C@H](N)C3)n2)c1. The van der Waals surface area contributed by atoms with Gasteiger partial charge in [-0.05, 0) is 43.2 Å². The predicted molar refractivity (Wildman–Crippen MR) is 129 cm³/mol. The van der Waals surface area contributed by atoms with Crippen molar-refractivity contribution < 1.29 is 13.2 Å². The molecule has 0 spiro atoms. The molecule has 0 bridgehead atoms. The zero-order valence-electron chi connectivity index (χ0n) is 18.4. The Hall–Kier alpha value is -3.30. The molecular formula is C24H27N5O3S. The van der Waals surface area contributed by atoms with Gasteiger partial charge in [-0.15, -0.1) is 0 Å². The maximum atomic E-state index is 13.2. The molecule has 4 N–H and O–H groups in total. The molecule has 1 aliphatic heterocycles. The molecule has 0 radical (unpaired) electrons. The molecular weight excluding hydrogens is 438 g/mol. The molecule has 1 saturated heterocycles. The molecule has 0 unspecified atom stereocenters. The third-order valence-electron chi connectivity index (χ3n) is 5.78. The minimum absolute atomic E-state index is 0.0962. The van der Waals surface area contributed by atoms with Crippen LogP contribution in [0.15, 0.2) is 59.8 Å². The minimum atomic E-state index is -3.37. The number of aromatic nitrogens is 2. The van der Waals surface area contributed by atoms with Crippen molar-refractivity contribution in [3.8, 4) is 11.3 Å². The maximum absolute atomic E-state index is 13.2. The topological polar surface area (TPSA) is 132 Å². The van der Waals surface area contributed by atoms with Crippen LogP contribution in [0.1, 0.15) is 28.9 Å². The molecule has 3 aromatic rings. The number of hydrogen-bond acceptors (Lipinski definition) is 8. The van der Waals surface area contributed by atoms with Crippen molar-refractivity contribution in [2.75, 3.05) is 30.0 Å². The van der Waals surface area contributed by atoms with Crippen molar-refractivity contribution in [2.24, 2.45) is 5.73 Å². The average molecular weight is 466 g/mol. The van der Waals surface area contributed by atoms with Crippen molar-refractivity contribution in [2.45, 2.75) is 30.2 Å². The summed E-state index contributed by atoms with van der Waals surface area (Å²) in [5.74, 6) is -0.232. The molecule has 9 heteroatoms. The average Bonchev–Trinajstić information content (AvgIpc) is 2.79. The molecule has 0 saturated carbocycles. The lowest BCUT2D eigenvalue weighted by molar-refractivity contribution is 0.0989. The van der Waals surface area contributed by atoms with Crippen LogP contribution in [-0.2, 0) is 16.3 Å². The van der Waals surface area contributed by atoms with Gasteiger partial charge in [-0.25, -0.2) is 13.4 Å². The Kier molecular flexibility index (Phi) is 6.44. The fraction of sp³-hybridized carbons (Fsp3) is 0.292. The smallest absolute Gasteiger partial charge is 0.187 e. The zero-order valence-corrected chi connectivity index (χ0v) is 19.3. The van der Waals surface area contributed by atoms with Gasteiger partial charge >= 0.3 is 0 Å². The molecule has 1 aliphatic rings. The highest BCUT2D eigenvalue weighted by Gasteiger charge is 2.22. The van der Waals surface area contributed by atoms with Gasteiger partial charge in [0.2, 0.25) is 0 Å². The van der Waals surface area contributed by atoms with Crippen LogP contribution in [0.5, 0.6) is 0 Å². The molecule has 0 amide bonds. The molecule has 1 fully saturated rings. The predicted octanol–water partition coefficient (Wildman–Crippen LogP) is 2.48. The summed E-state index contributed by atoms with van der Waals surface area (Å²) in [7, 11) is -3.37. The highest BCUT2D eigenvalue weighted by atomic mass is 32.2. The van der Waals surface area contributed by atoms with Gasteiger partial charge in [0.1, 0.15) is 5.69 Å². The highest BCUT2D eigenvalue weighted by molar-refractivity contribution is 7.90. The molecule has 2 aromatic heterocycles. The lowest BCUT2D eigenvalue weighted by Crippen LogP contribution is -2.43. The van der Waals surface area contributed by atoms with E-state index < -0.39 is 9.84 Å². The van der Waals surface area contributed by atoms with Crippen LogP contribution < -0.4 is 16.4 Å². The van der Waals surface area contributed by atoms with E-state index in [1.165, 1.54) is 6.07 Å². The van der Waals surface area contributed by atoms with Crippen molar-refractivity contribution >= 4 is 27.0 Å². The number of pyridine rings is 2. The van der Waals surface area contributed by atoms with E-state index >= 15 is 0 Å². The molecule has 1 atom stereocenters. The molecule has 3 heterocycles. The van der Waals surface area contributed by atoms with Crippen LogP contribution in [0.3, 0.4) is 0 Å². The van der Waals surface area contributed by atoms with Gasteiger partial charge in [0.15, 0.2) is 15.6 Å². The molecule has 8 nitrogen and oxygen atoms in total. The number of nitrogens with two attached hydrogens (primary N) is 2. The van der Waals surface area contributed by atoms with E-state index in [-0.39, 0.29) is 34.5 Å². The first-order valence-corrected chi connectivity index (χ1v) is 12.6. The van der Waals surface area contributed by atoms with E-state index in [0.29, 0.717) is 11.3 Å². The van der Waals surface area contributed by atoms with E-state index in [4.69, 9.17) is 11.5 Å². The van der Waals surface area contributed by atoms with Gasteiger partial charge in [-0.2, -0.15) is 0 Å². The van der Waals surface area contributed by atoms with Crippen molar-refractivity contribution in [3.05, 3.63) is 66.1 Å². The summed E-state index contributed by atoms with van der Waals surface area (Å²) >= 11 is 0. The van der Waals surface area contributed by atoms with Crippen molar-refractivity contribution in [1.29, 1.82) is 0 Å². The van der Waals surface area contributed by atoms with E-state index in [0.717, 1.165) is 43.4 Å². The first-order valence-electron chi connectivity index (χ1n) is 10.8. The minimum Gasteiger partial charge on any atom is -0.397 e. The first-order chi connectivity index (χ1) is 15.7. The summed E-state index contributed by atoms with van der Waals surface area (Å²) in [5.41, 5.74) is 15.5. The Bertz CT molecular complexity index is 1290. The molecule has 33 heavy (non-hydrogen) atoms. The Labute approximate surface area is 193 Å². The summed E-state index contributed by atoms with van der Waals surface area (Å²) in [6.45, 7) is 1.61. The van der Waals surface area contributed by atoms with Gasteiger partial charge in [0.25, 0.3) is 0 Å². The number of carbonyl (C=O) groups is 1. The Balaban J connectivity index is 1.63. The van der Waals surface area contributed by atoms with Gasteiger partial charge in [-0.3, -0.25) is 9.78 Å². The largest absolute Gasteiger partial charge is 0.397 e. The normalized spacial score (nSPS) is 16.5. The van der Waals surface area contributed by atoms with Gasteiger partial charge < -0.3 is 16.4 Å². The summed E-state index contributed by atoms with van der Waals surface area (Å²) in [6.07, 6.45) is 6.65. The zero-order chi connectivity index (χ0) is 23.6. The number of nitrogens with zero attached hydrogens (tertiary/aromatic N) is 3. The lowest BCUT2D eigenvalue weighted by Gasteiger charge is -2.33. The van der Waals surface area contributed by atoms with Crippen molar-refractivity contribution in [1.82, 2.24) is 9.97 Å². The van der Waals surface area contributed by atoms with Crippen LogP contribution in [0.4, 0.5) is 11.4 Å². The lowest BCUT2D eigenvalue weighted by atomic mass is 10.0. The second-order valence-electron chi connectivity index (χ2n) is 8.39. The molecule has 172 valence electrons. The fourth-order valence-corrected chi connectivity index (χ4v) is 4.76. The van der Waals surface area contributed by atoms with Crippen LogP contribution >= 0.6 is 0 Å². The number of hydrogen-bond donors (Lipinski definition) is 2. The van der Waals surface area contributed by atoms with Crippen LogP contribution in [0, 0.1) is 0 Å². The number of Topliss-reactive ketones (excluding diaryl/α,β-unsaturated/α-hetero) is 1. The molecule has 4 rings (SSSR count). The number of rotatable bonds is 6. The van der Waals surface area contributed by atoms with Crippen LogP contribution in [0.25, 0.3) is 11.3 Å². The first kappa shape index (κ1) is 22.9. The van der Waals surface area contributed by atoms with Crippen LogP contribution in [-0.4, -0.2) is 49.6 Å². The third-order valence-corrected chi connectivity index (χ3v) is 6.89. The fourth-order valence-electron chi connectivity index (χ4n) is 4.09. The number of sulfone groups is 1. The summed E-state index contributed by atoms with van der Waals surface area (Å²) in [5, 5.41) is 0. The summed E-state index contributed by atoms with van der Waals surface area (Å²) < 4.78 is 23.8. The molecule has 0 aliphatic carbocycles. The number of nitrogen functional groups attached to an aromatic ring is 1. The quantitative estimate of drug-likeness (QED) is 0.531. The standard InChI is InChI=1S/C24H27N5O3S/c1-33(31,32)19-6-2-4-16(12-19)21-8-7-20(26)24(28-21)23(30)13-17-14-27-10-9-22(17)29-11-3-5-18(25)15-29/h2,4,6-10,12,14,18H,3,5,11,13,15,25-26H2,1H3/t18-/m0/s1. The van der Waals surface area contributed by atoms with E-state index in [1.54, 1.807) is 42.7 Å². The summed E-state index contributed by atoms with van der Waals surface area (Å²) in [6, 6.07) is 11.8. The second-order valence-corrected chi connectivity index (χ2v) is 10.4.